The minimum absolute atomic E-state index is 0.189. The van der Waals surface area contributed by atoms with Crippen molar-refractivity contribution in [1.82, 2.24) is 15.1 Å². The minimum atomic E-state index is -0.189. The van der Waals surface area contributed by atoms with Crippen molar-refractivity contribution >= 4 is 5.91 Å². The van der Waals surface area contributed by atoms with Crippen molar-refractivity contribution in [3.8, 4) is 0 Å². The molecule has 0 aromatic carbocycles. The third kappa shape index (κ3) is 2.98. The Morgan fingerprint density at radius 1 is 1.19 bits per heavy atom. The van der Waals surface area contributed by atoms with Crippen LogP contribution in [0.25, 0.3) is 0 Å². The van der Waals surface area contributed by atoms with E-state index in [0.29, 0.717) is 18.0 Å². The number of carbonyl (C=O) groups excluding carboxylic acids is 1. The molecule has 3 fully saturated rings. The fourth-order valence-corrected chi connectivity index (χ4v) is 4.60. The molecule has 1 unspecified atom stereocenters. The van der Waals surface area contributed by atoms with Gasteiger partial charge >= 0.3 is 0 Å². The van der Waals surface area contributed by atoms with E-state index in [1.165, 1.54) is 38.5 Å². The first kappa shape index (κ1) is 15.3. The average Bonchev–Trinajstić information content (AvgIpc) is 3.15. The Morgan fingerprint density at radius 3 is 2.48 bits per heavy atom. The lowest BCUT2D eigenvalue weighted by molar-refractivity contribution is -0.133. The molecule has 1 amide bonds. The number of nitrogens with one attached hydrogen (secondary N) is 1. The highest BCUT2D eigenvalue weighted by molar-refractivity contribution is 5.89. The zero-order valence-electron chi connectivity index (χ0n) is 13.7. The van der Waals surface area contributed by atoms with E-state index in [-0.39, 0.29) is 5.54 Å². The summed E-state index contributed by atoms with van der Waals surface area (Å²) in [4.78, 5) is 17.4. The van der Waals surface area contributed by atoms with Crippen molar-refractivity contribution < 1.29 is 4.79 Å². The smallest absolute Gasteiger partial charge is 0.244 e. The molecular weight excluding hydrogens is 262 g/mol. The summed E-state index contributed by atoms with van der Waals surface area (Å²) in [6, 6.07) is 0. The van der Waals surface area contributed by atoms with Crippen molar-refractivity contribution in [2.24, 2.45) is 5.92 Å². The van der Waals surface area contributed by atoms with Crippen LogP contribution in [-0.2, 0) is 4.79 Å². The summed E-state index contributed by atoms with van der Waals surface area (Å²) in [6.45, 7) is 1.99. The Labute approximate surface area is 129 Å². The van der Waals surface area contributed by atoms with Gasteiger partial charge in [-0.05, 0) is 58.7 Å². The van der Waals surface area contributed by atoms with Crippen molar-refractivity contribution in [2.45, 2.75) is 69.5 Å². The van der Waals surface area contributed by atoms with E-state index < -0.39 is 0 Å². The maximum atomic E-state index is 13.0. The molecule has 120 valence electrons. The van der Waals surface area contributed by atoms with Gasteiger partial charge in [0.15, 0.2) is 0 Å². The highest BCUT2D eigenvalue weighted by Crippen LogP contribution is 2.41. The summed E-state index contributed by atoms with van der Waals surface area (Å²) in [5.41, 5.74) is -0.189. The molecule has 1 atom stereocenters. The second-order valence-corrected chi connectivity index (χ2v) is 7.58. The second-order valence-electron chi connectivity index (χ2n) is 7.58. The summed E-state index contributed by atoms with van der Waals surface area (Å²) < 4.78 is 0. The van der Waals surface area contributed by atoms with Crippen molar-refractivity contribution in [3.05, 3.63) is 0 Å². The number of amides is 1. The van der Waals surface area contributed by atoms with Crippen LogP contribution in [0.3, 0.4) is 0 Å². The van der Waals surface area contributed by atoms with E-state index >= 15 is 0 Å². The summed E-state index contributed by atoms with van der Waals surface area (Å²) in [5, 5.41) is 3.81. The van der Waals surface area contributed by atoms with Crippen LogP contribution < -0.4 is 5.32 Å². The molecule has 0 aromatic rings. The van der Waals surface area contributed by atoms with Crippen LogP contribution in [0.4, 0.5) is 0 Å². The molecule has 2 saturated carbocycles. The zero-order chi connectivity index (χ0) is 14.9. The second kappa shape index (κ2) is 6.25. The first-order valence-corrected chi connectivity index (χ1v) is 8.86. The summed E-state index contributed by atoms with van der Waals surface area (Å²) in [7, 11) is 4.22. The lowest BCUT2D eigenvalue weighted by Crippen LogP contribution is -2.46. The SMILES string of the molecule is CN(C)CCCN1C(=O)C2(CCCC2)NC1C1CCCC1. The Hall–Kier alpha value is -0.610. The fraction of sp³-hybridized carbons (Fsp3) is 0.941. The third-order valence-electron chi connectivity index (χ3n) is 5.74. The van der Waals surface area contributed by atoms with Crippen LogP contribution in [0.15, 0.2) is 0 Å². The third-order valence-corrected chi connectivity index (χ3v) is 5.74. The van der Waals surface area contributed by atoms with Crippen LogP contribution in [0, 0.1) is 5.92 Å². The molecule has 3 rings (SSSR count). The van der Waals surface area contributed by atoms with Gasteiger partial charge in [-0.2, -0.15) is 0 Å². The molecule has 2 aliphatic carbocycles. The number of nitrogens with zero attached hydrogens (tertiary/aromatic N) is 2. The zero-order valence-corrected chi connectivity index (χ0v) is 13.7. The number of carbonyl (C=O) groups is 1. The van der Waals surface area contributed by atoms with Gasteiger partial charge in [-0.3, -0.25) is 10.1 Å². The van der Waals surface area contributed by atoms with Crippen molar-refractivity contribution in [3.63, 3.8) is 0 Å². The van der Waals surface area contributed by atoms with Gasteiger partial charge in [0, 0.05) is 6.54 Å². The number of rotatable bonds is 5. The van der Waals surface area contributed by atoms with Crippen LogP contribution in [0.5, 0.6) is 0 Å². The largest absolute Gasteiger partial charge is 0.325 e. The first-order chi connectivity index (χ1) is 10.1. The van der Waals surface area contributed by atoms with Crippen molar-refractivity contribution in [2.75, 3.05) is 27.2 Å². The quantitative estimate of drug-likeness (QED) is 0.844. The Kier molecular flexibility index (Phi) is 4.55. The molecule has 0 aromatic heterocycles. The van der Waals surface area contributed by atoms with Gasteiger partial charge in [0.2, 0.25) is 5.91 Å². The molecule has 0 radical (unpaired) electrons. The predicted octanol–water partition coefficient (Wildman–Crippen LogP) is 2.20. The molecule has 4 heteroatoms. The standard InChI is InChI=1S/C17H31N3O/c1-19(2)12-7-13-20-15(14-8-3-4-9-14)18-17(16(20)21)10-5-6-11-17/h14-15,18H,3-13H2,1-2H3. The maximum absolute atomic E-state index is 13.0. The van der Waals surface area contributed by atoms with Gasteiger partial charge in [0.25, 0.3) is 0 Å². The molecular formula is C17H31N3O. The van der Waals surface area contributed by atoms with Gasteiger partial charge < -0.3 is 9.80 Å². The topological polar surface area (TPSA) is 35.6 Å². The van der Waals surface area contributed by atoms with Gasteiger partial charge in [0.1, 0.15) is 0 Å². The first-order valence-electron chi connectivity index (χ1n) is 8.86. The van der Waals surface area contributed by atoms with E-state index in [2.05, 4.69) is 29.2 Å². The highest BCUT2D eigenvalue weighted by atomic mass is 16.2. The van der Waals surface area contributed by atoms with E-state index in [0.717, 1.165) is 32.4 Å². The monoisotopic (exact) mass is 293 g/mol. The Morgan fingerprint density at radius 2 is 1.86 bits per heavy atom. The average molecular weight is 293 g/mol. The molecule has 1 N–H and O–H groups in total. The summed E-state index contributed by atoms with van der Waals surface area (Å²) >= 11 is 0. The van der Waals surface area contributed by atoms with Crippen LogP contribution in [-0.4, -0.2) is 54.6 Å². The fourth-order valence-electron chi connectivity index (χ4n) is 4.60. The van der Waals surface area contributed by atoms with E-state index in [4.69, 9.17) is 0 Å². The lowest BCUT2D eigenvalue weighted by Gasteiger charge is -2.29. The maximum Gasteiger partial charge on any atom is 0.244 e. The molecule has 1 aliphatic heterocycles. The van der Waals surface area contributed by atoms with Crippen LogP contribution >= 0.6 is 0 Å². The predicted molar refractivity (Wildman–Crippen MR) is 85.0 cm³/mol. The van der Waals surface area contributed by atoms with Gasteiger partial charge in [-0.25, -0.2) is 0 Å². The molecule has 4 nitrogen and oxygen atoms in total. The van der Waals surface area contributed by atoms with Gasteiger partial charge in [0.05, 0.1) is 11.7 Å². The summed E-state index contributed by atoms with van der Waals surface area (Å²) in [5.74, 6) is 1.10. The van der Waals surface area contributed by atoms with Gasteiger partial charge in [-0.15, -0.1) is 0 Å². The van der Waals surface area contributed by atoms with Crippen LogP contribution in [0.2, 0.25) is 0 Å². The summed E-state index contributed by atoms with van der Waals surface area (Å²) in [6.07, 6.45) is 11.2. The lowest BCUT2D eigenvalue weighted by atomic mass is 9.97. The Bertz CT molecular complexity index is 370. The van der Waals surface area contributed by atoms with E-state index in [1.54, 1.807) is 0 Å². The molecule has 1 saturated heterocycles. The molecule has 1 spiro atoms. The van der Waals surface area contributed by atoms with Crippen LogP contribution in [0.1, 0.15) is 57.8 Å². The van der Waals surface area contributed by atoms with E-state index in [9.17, 15) is 4.79 Å². The Balaban J connectivity index is 1.70. The number of hydrogen-bond acceptors (Lipinski definition) is 3. The van der Waals surface area contributed by atoms with Crippen molar-refractivity contribution in [1.29, 1.82) is 0 Å². The molecule has 0 bridgehead atoms. The molecule has 1 heterocycles. The highest BCUT2D eigenvalue weighted by Gasteiger charge is 2.53. The molecule has 21 heavy (non-hydrogen) atoms. The van der Waals surface area contributed by atoms with Gasteiger partial charge in [-0.1, -0.05) is 25.7 Å². The van der Waals surface area contributed by atoms with E-state index in [1.807, 2.05) is 0 Å². The minimum Gasteiger partial charge on any atom is -0.325 e. The normalized spacial score (nSPS) is 29.4. The molecule has 3 aliphatic rings. The number of hydrogen-bond donors (Lipinski definition) is 1.